The van der Waals surface area contributed by atoms with E-state index in [9.17, 15) is 0 Å². The number of aromatic nitrogens is 1. The minimum Gasteiger partial charge on any atom is -0.256 e. The van der Waals surface area contributed by atoms with Gasteiger partial charge in [0.05, 0.1) is 5.52 Å². The zero-order chi connectivity index (χ0) is 16.2. The van der Waals surface area contributed by atoms with Gasteiger partial charge < -0.3 is 0 Å². The zero-order valence-corrected chi connectivity index (χ0v) is 14.0. The summed E-state index contributed by atoms with van der Waals surface area (Å²) in [5, 5.41) is 1.22. The van der Waals surface area contributed by atoms with Crippen LogP contribution < -0.4 is 0 Å². The van der Waals surface area contributed by atoms with Crippen LogP contribution in [0.2, 0.25) is 0 Å². The van der Waals surface area contributed by atoms with Crippen molar-refractivity contribution in [1.29, 1.82) is 0 Å². The number of para-hydroxylation sites is 1. The van der Waals surface area contributed by atoms with Crippen LogP contribution in [0.1, 0.15) is 5.56 Å². The normalized spacial score (nSPS) is 10.8. The lowest BCUT2D eigenvalue weighted by atomic mass is 10.1. The molecular weight excluding hydrogens is 310 g/mol. The fourth-order valence-electron chi connectivity index (χ4n) is 2.82. The van der Waals surface area contributed by atoms with Crippen LogP contribution in [0.3, 0.4) is 0 Å². The Balaban J connectivity index is 1.81. The number of benzene rings is 3. The molecule has 0 fully saturated rings. The number of rotatable bonds is 4. The van der Waals surface area contributed by atoms with Crippen LogP contribution in [-0.2, 0) is 5.75 Å². The van der Waals surface area contributed by atoms with Gasteiger partial charge in [0.15, 0.2) is 0 Å². The largest absolute Gasteiger partial charge is 0.256 e. The topological polar surface area (TPSA) is 12.9 Å². The molecule has 0 N–H and O–H groups in total. The number of nitrogens with zero attached hydrogens (tertiary/aromatic N) is 1. The van der Waals surface area contributed by atoms with E-state index >= 15 is 0 Å². The first kappa shape index (κ1) is 15.0. The molecule has 0 bridgehead atoms. The Bertz CT molecular complexity index is 949. The van der Waals surface area contributed by atoms with E-state index in [4.69, 9.17) is 0 Å². The standard InChI is InChI=1S/C22H17NS/c1-3-9-17(10-4-1)16-24-22-19-13-7-8-14-21(19)23-15-20(22)18-11-5-2-6-12-18/h1-15H,16H2. The average Bonchev–Trinajstić information content (AvgIpc) is 2.67. The highest BCUT2D eigenvalue weighted by molar-refractivity contribution is 7.98. The van der Waals surface area contributed by atoms with Gasteiger partial charge in [-0.05, 0) is 17.2 Å². The minimum absolute atomic E-state index is 0.953. The smallest absolute Gasteiger partial charge is 0.0713 e. The first-order valence-corrected chi connectivity index (χ1v) is 9.00. The Kier molecular flexibility index (Phi) is 4.30. The van der Waals surface area contributed by atoms with Crippen molar-refractivity contribution in [3.63, 3.8) is 0 Å². The Labute approximate surface area is 146 Å². The predicted molar refractivity (Wildman–Crippen MR) is 103 cm³/mol. The second-order valence-electron chi connectivity index (χ2n) is 5.66. The van der Waals surface area contributed by atoms with Crippen LogP contribution >= 0.6 is 11.8 Å². The van der Waals surface area contributed by atoms with E-state index in [1.807, 2.05) is 24.0 Å². The third kappa shape index (κ3) is 3.06. The van der Waals surface area contributed by atoms with Crippen molar-refractivity contribution in [3.8, 4) is 11.1 Å². The molecule has 3 aromatic carbocycles. The second kappa shape index (κ2) is 6.90. The molecule has 1 aromatic heterocycles. The molecule has 0 saturated heterocycles. The highest BCUT2D eigenvalue weighted by Crippen LogP contribution is 2.37. The van der Waals surface area contributed by atoms with Gasteiger partial charge >= 0.3 is 0 Å². The van der Waals surface area contributed by atoms with Crippen molar-refractivity contribution < 1.29 is 0 Å². The Morgan fingerprint density at radius 3 is 2.17 bits per heavy atom. The first-order chi connectivity index (χ1) is 11.9. The Hall–Kier alpha value is -2.58. The third-order valence-corrected chi connectivity index (χ3v) is 5.24. The number of fused-ring (bicyclic) bond motifs is 1. The monoisotopic (exact) mass is 327 g/mol. The van der Waals surface area contributed by atoms with Gasteiger partial charge in [0.2, 0.25) is 0 Å². The van der Waals surface area contributed by atoms with E-state index in [0.29, 0.717) is 0 Å². The lowest BCUT2D eigenvalue weighted by molar-refractivity contribution is 1.34. The Morgan fingerprint density at radius 2 is 1.38 bits per heavy atom. The lowest BCUT2D eigenvalue weighted by Crippen LogP contribution is -1.89. The number of pyridine rings is 1. The van der Waals surface area contributed by atoms with Gasteiger partial charge in [0.1, 0.15) is 0 Å². The summed E-state index contributed by atoms with van der Waals surface area (Å²) in [6.45, 7) is 0. The molecule has 0 aliphatic heterocycles. The van der Waals surface area contributed by atoms with Gasteiger partial charge in [0, 0.05) is 27.8 Å². The van der Waals surface area contributed by atoms with E-state index in [-0.39, 0.29) is 0 Å². The number of hydrogen-bond donors (Lipinski definition) is 0. The molecule has 24 heavy (non-hydrogen) atoms. The van der Waals surface area contributed by atoms with E-state index in [1.54, 1.807) is 0 Å². The highest BCUT2D eigenvalue weighted by Gasteiger charge is 2.11. The fraction of sp³-hybridized carbons (Fsp3) is 0.0455. The van der Waals surface area contributed by atoms with Crippen molar-refractivity contribution >= 4 is 22.7 Å². The molecule has 4 aromatic rings. The van der Waals surface area contributed by atoms with Crippen LogP contribution in [-0.4, -0.2) is 4.98 Å². The Morgan fingerprint density at radius 1 is 0.708 bits per heavy atom. The van der Waals surface area contributed by atoms with Gasteiger partial charge in [0.25, 0.3) is 0 Å². The maximum atomic E-state index is 4.66. The molecular formula is C22H17NS. The number of hydrogen-bond acceptors (Lipinski definition) is 2. The maximum absolute atomic E-state index is 4.66. The predicted octanol–water partition coefficient (Wildman–Crippen LogP) is 6.19. The van der Waals surface area contributed by atoms with E-state index in [2.05, 4.69) is 83.8 Å². The summed E-state index contributed by atoms with van der Waals surface area (Å²) in [4.78, 5) is 5.96. The van der Waals surface area contributed by atoms with Gasteiger partial charge in [-0.1, -0.05) is 78.9 Å². The lowest BCUT2D eigenvalue weighted by Gasteiger charge is -2.12. The van der Waals surface area contributed by atoms with Gasteiger partial charge in [-0.15, -0.1) is 11.8 Å². The summed E-state index contributed by atoms with van der Waals surface area (Å²) in [6, 6.07) is 29.5. The molecule has 116 valence electrons. The third-order valence-electron chi connectivity index (χ3n) is 4.04. The molecule has 0 aliphatic rings. The van der Waals surface area contributed by atoms with Crippen molar-refractivity contribution in [3.05, 3.63) is 96.7 Å². The average molecular weight is 327 g/mol. The molecule has 0 unspecified atom stereocenters. The van der Waals surface area contributed by atoms with Crippen LogP contribution in [0, 0.1) is 0 Å². The van der Waals surface area contributed by atoms with E-state index in [1.165, 1.54) is 27.0 Å². The van der Waals surface area contributed by atoms with Crippen LogP contribution in [0.5, 0.6) is 0 Å². The summed E-state index contributed by atoms with van der Waals surface area (Å²) in [6.07, 6.45) is 2.00. The van der Waals surface area contributed by atoms with Crippen LogP contribution in [0.15, 0.2) is 96.0 Å². The fourth-order valence-corrected chi connectivity index (χ4v) is 3.98. The minimum atomic E-state index is 0.953. The van der Waals surface area contributed by atoms with Crippen LogP contribution in [0.4, 0.5) is 0 Å². The summed E-state index contributed by atoms with van der Waals surface area (Å²) >= 11 is 1.88. The van der Waals surface area contributed by atoms with Crippen molar-refractivity contribution in [1.82, 2.24) is 4.98 Å². The summed E-state index contributed by atoms with van der Waals surface area (Å²) in [7, 11) is 0. The molecule has 4 rings (SSSR count). The van der Waals surface area contributed by atoms with Crippen LogP contribution in [0.25, 0.3) is 22.0 Å². The molecule has 0 radical (unpaired) electrons. The molecule has 0 spiro atoms. The highest BCUT2D eigenvalue weighted by atomic mass is 32.2. The van der Waals surface area contributed by atoms with Crippen molar-refractivity contribution in [2.45, 2.75) is 10.6 Å². The zero-order valence-electron chi connectivity index (χ0n) is 13.2. The van der Waals surface area contributed by atoms with E-state index < -0.39 is 0 Å². The summed E-state index contributed by atoms with van der Waals surface area (Å²) in [5.74, 6) is 0.953. The summed E-state index contributed by atoms with van der Waals surface area (Å²) < 4.78 is 0. The van der Waals surface area contributed by atoms with Gasteiger partial charge in [-0.3, -0.25) is 4.98 Å². The number of thioether (sulfide) groups is 1. The molecule has 0 aliphatic carbocycles. The molecule has 0 atom stereocenters. The van der Waals surface area contributed by atoms with Crippen molar-refractivity contribution in [2.24, 2.45) is 0 Å². The molecule has 1 nitrogen and oxygen atoms in total. The SMILES string of the molecule is c1ccc(CSc2c(-c3ccccc3)cnc3ccccc23)cc1. The summed E-state index contributed by atoms with van der Waals surface area (Å²) in [5.41, 5.74) is 4.80. The maximum Gasteiger partial charge on any atom is 0.0713 e. The van der Waals surface area contributed by atoms with Crippen molar-refractivity contribution in [2.75, 3.05) is 0 Å². The first-order valence-electron chi connectivity index (χ1n) is 8.02. The van der Waals surface area contributed by atoms with Gasteiger partial charge in [-0.25, -0.2) is 0 Å². The molecule has 2 heteroatoms. The molecule has 0 saturated carbocycles. The quantitative estimate of drug-likeness (QED) is 0.414. The van der Waals surface area contributed by atoms with Gasteiger partial charge in [-0.2, -0.15) is 0 Å². The molecule has 0 amide bonds. The van der Waals surface area contributed by atoms with E-state index in [0.717, 1.165) is 11.3 Å². The second-order valence-corrected chi connectivity index (χ2v) is 6.64. The molecule has 1 heterocycles.